The van der Waals surface area contributed by atoms with Crippen LogP contribution in [0, 0.1) is 19.8 Å². The Morgan fingerprint density at radius 3 is 2.45 bits per heavy atom. The average Bonchev–Trinajstić information content (AvgIpc) is 2.86. The number of rotatable bonds is 6. The summed E-state index contributed by atoms with van der Waals surface area (Å²) >= 11 is 1.65. The summed E-state index contributed by atoms with van der Waals surface area (Å²) in [6.07, 6.45) is 0.787. The van der Waals surface area contributed by atoms with Gasteiger partial charge in [-0.25, -0.2) is 4.98 Å². The molecule has 0 aliphatic heterocycles. The predicted molar refractivity (Wildman–Crippen MR) is 92.3 cm³/mol. The first kappa shape index (κ1) is 16.7. The molecule has 1 aromatic carbocycles. The van der Waals surface area contributed by atoms with Gasteiger partial charge in [0.1, 0.15) is 0 Å². The second-order valence-electron chi connectivity index (χ2n) is 6.03. The van der Waals surface area contributed by atoms with E-state index < -0.39 is 0 Å². The van der Waals surface area contributed by atoms with E-state index in [0.29, 0.717) is 6.54 Å². The Bertz CT molecular complexity index is 616. The van der Waals surface area contributed by atoms with Crippen LogP contribution in [-0.2, 0) is 11.2 Å². The van der Waals surface area contributed by atoms with E-state index in [4.69, 9.17) is 0 Å². The van der Waals surface area contributed by atoms with Crippen molar-refractivity contribution in [3.8, 4) is 0 Å². The zero-order valence-corrected chi connectivity index (χ0v) is 14.5. The molecule has 1 amide bonds. The Morgan fingerprint density at radius 1 is 1.23 bits per heavy atom. The molecule has 1 N–H and O–H groups in total. The molecule has 0 saturated heterocycles. The van der Waals surface area contributed by atoms with Gasteiger partial charge < -0.3 is 5.32 Å². The fraction of sp³-hybridized carbons (Fsp3) is 0.444. The Hall–Kier alpha value is -1.68. The molecule has 2 aromatic rings. The van der Waals surface area contributed by atoms with Gasteiger partial charge in [-0.1, -0.05) is 43.7 Å². The third kappa shape index (κ3) is 4.41. The lowest BCUT2D eigenvalue weighted by atomic mass is 9.87. The normalized spacial score (nSPS) is 12.4. The first-order valence-corrected chi connectivity index (χ1v) is 8.60. The minimum absolute atomic E-state index is 0.0993. The maximum absolute atomic E-state index is 12.5. The highest BCUT2D eigenvalue weighted by Crippen LogP contribution is 2.25. The van der Waals surface area contributed by atoms with E-state index in [2.05, 4.69) is 60.7 Å². The van der Waals surface area contributed by atoms with E-state index in [1.54, 1.807) is 11.3 Å². The molecule has 0 aliphatic carbocycles. The number of carbonyl (C=O) groups is 1. The van der Waals surface area contributed by atoms with Gasteiger partial charge in [-0.3, -0.25) is 4.79 Å². The smallest absolute Gasteiger partial charge is 0.227 e. The van der Waals surface area contributed by atoms with E-state index in [-0.39, 0.29) is 17.7 Å². The Morgan fingerprint density at radius 2 is 1.91 bits per heavy atom. The fourth-order valence-electron chi connectivity index (χ4n) is 2.56. The van der Waals surface area contributed by atoms with Gasteiger partial charge in [-0.2, -0.15) is 0 Å². The number of benzene rings is 1. The summed E-state index contributed by atoms with van der Waals surface area (Å²) in [6, 6.07) is 8.25. The van der Waals surface area contributed by atoms with Crippen molar-refractivity contribution in [3.05, 3.63) is 51.5 Å². The van der Waals surface area contributed by atoms with Crippen LogP contribution in [0.3, 0.4) is 0 Å². The molecule has 1 aromatic heterocycles. The minimum Gasteiger partial charge on any atom is -0.355 e. The first-order valence-electron chi connectivity index (χ1n) is 7.72. The van der Waals surface area contributed by atoms with Crippen LogP contribution >= 0.6 is 11.3 Å². The number of hydrogen-bond donors (Lipinski definition) is 1. The Labute approximate surface area is 136 Å². The second kappa shape index (κ2) is 7.54. The van der Waals surface area contributed by atoms with E-state index in [0.717, 1.165) is 22.7 Å². The van der Waals surface area contributed by atoms with Gasteiger partial charge >= 0.3 is 0 Å². The molecular formula is C18H24N2OS. The molecule has 1 heterocycles. The maximum Gasteiger partial charge on any atom is 0.227 e. The van der Waals surface area contributed by atoms with Gasteiger partial charge in [0, 0.05) is 18.3 Å². The van der Waals surface area contributed by atoms with E-state index in [9.17, 15) is 4.79 Å². The quantitative estimate of drug-likeness (QED) is 0.879. The van der Waals surface area contributed by atoms with Crippen molar-refractivity contribution in [2.75, 3.05) is 6.54 Å². The van der Waals surface area contributed by atoms with Gasteiger partial charge in [-0.15, -0.1) is 11.3 Å². The van der Waals surface area contributed by atoms with Gasteiger partial charge in [0.25, 0.3) is 0 Å². The summed E-state index contributed by atoms with van der Waals surface area (Å²) in [5.41, 5.74) is 3.35. The summed E-state index contributed by atoms with van der Waals surface area (Å²) < 4.78 is 0. The standard InChI is InChI=1S/C18H24N2OS/c1-12(2)17(15-7-5-13(3)6-8-15)18(21)19-10-9-16-11-22-14(4)20-16/h5-8,11-12,17H,9-10H2,1-4H3,(H,19,21). The van der Waals surface area contributed by atoms with Crippen molar-refractivity contribution in [1.29, 1.82) is 0 Å². The molecule has 1 unspecified atom stereocenters. The Kier molecular flexibility index (Phi) is 5.72. The number of nitrogens with zero attached hydrogens (tertiary/aromatic N) is 1. The van der Waals surface area contributed by atoms with Crippen molar-refractivity contribution >= 4 is 17.2 Å². The summed E-state index contributed by atoms with van der Waals surface area (Å²) in [6.45, 7) is 8.88. The third-order valence-corrected chi connectivity index (χ3v) is 4.55. The summed E-state index contributed by atoms with van der Waals surface area (Å²) in [5.74, 6) is 0.271. The number of aryl methyl sites for hydroxylation is 2. The number of amides is 1. The average molecular weight is 316 g/mol. The highest BCUT2D eigenvalue weighted by Gasteiger charge is 2.23. The lowest BCUT2D eigenvalue weighted by Crippen LogP contribution is -2.33. The first-order chi connectivity index (χ1) is 10.5. The van der Waals surface area contributed by atoms with E-state index in [1.165, 1.54) is 5.56 Å². The SMILES string of the molecule is Cc1ccc(C(C(=O)NCCc2csc(C)n2)C(C)C)cc1. The predicted octanol–water partition coefficient (Wildman–Crippen LogP) is 3.86. The molecule has 1 atom stereocenters. The van der Waals surface area contributed by atoms with Gasteiger partial charge in [0.2, 0.25) is 5.91 Å². The maximum atomic E-state index is 12.5. The van der Waals surface area contributed by atoms with Crippen molar-refractivity contribution in [3.63, 3.8) is 0 Å². The van der Waals surface area contributed by atoms with Gasteiger partial charge in [0.15, 0.2) is 0 Å². The molecule has 0 saturated carbocycles. The summed E-state index contributed by atoms with van der Waals surface area (Å²) in [5, 5.41) is 6.19. The molecule has 3 nitrogen and oxygen atoms in total. The third-order valence-electron chi connectivity index (χ3n) is 3.73. The monoisotopic (exact) mass is 316 g/mol. The summed E-state index contributed by atoms with van der Waals surface area (Å²) in [4.78, 5) is 17.0. The Balaban J connectivity index is 1.96. The number of aromatic nitrogens is 1. The largest absolute Gasteiger partial charge is 0.355 e. The van der Waals surface area contributed by atoms with Crippen LogP contribution in [0.15, 0.2) is 29.6 Å². The highest BCUT2D eigenvalue weighted by molar-refractivity contribution is 7.09. The molecule has 0 spiro atoms. The number of nitrogens with one attached hydrogen (secondary N) is 1. The van der Waals surface area contributed by atoms with E-state index >= 15 is 0 Å². The molecule has 2 rings (SSSR count). The molecule has 0 radical (unpaired) electrons. The topological polar surface area (TPSA) is 42.0 Å². The lowest BCUT2D eigenvalue weighted by Gasteiger charge is -2.21. The summed E-state index contributed by atoms with van der Waals surface area (Å²) in [7, 11) is 0. The number of hydrogen-bond acceptors (Lipinski definition) is 3. The van der Waals surface area contributed by atoms with Crippen LogP contribution in [0.25, 0.3) is 0 Å². The molecule has 22 heavy (non-hydrogen) atoms. The van der Waals surface area contributed by atoms with E-state index in [1.807, 2.05) is 6.92 Å². The van der Waals surface area contributed by atoms with Crippen molar-refractivity contribution in [2.24, 2.45) is 5.92 Å². The molecule has 4 heteroatoms. The van der Waals surface area contributed by atoms with Crippen LogP contribution in [0.1, 0.15) is 41.6 Å². The van der Waals surface area contributed by atoms with Crippen LogP contribution < -0.4 is 5.32 Å². The van der Waals surface area contributed by atoms with Crippen molar-refractivity contribution < 1.29 is 4.79 Å². The van der Waals surface area contributed by atoms with Crippen molar-refractivity contribution in [2.45, 2.75) is 40.0 Å². The van der Waals surface area contributed by atoms with Crippen LogP contribution in [-0.4, -0.2) is 17.4 Å². The minimum atomic E-state index is -0.0993. The van der Waals surface area contributed by atoms with Gasteiger partial charge in [-0.05, 0) is 25.3 Å². The van der Waals surface area contributed by atoms with Gasteiger partial charge in [0.05, 0.1) is 16.6 Å². The molecule has 0 aliphatic rings. The second-order valence-corrected chi connectivity index (χ2v) is 7.09. The van der Waals surface area contributed by atoms with Crippen LogP contribution in [0.2, 0.25) is 0 Å². The zero-order chi connectivity index (χ0) is 16.1. The van der Waals surface area contributed by atoms with Crippen molar-refractivity contribution in [1.82, 2.24) is 10.3 Å². The highest BCUT2D eigenvalue weighted by atomic mass is 32.1. The van der Waals surface area contributed by atoms with Crippen LogP contribution in [0.4, 0.5) is 0 Å². The molecule has 0 fully saturated rings. The number of thiazole rings is 1. The number of carbonyl (C=O) groups excluding carboxylic acids is 1. The lowest BCUT2D eigenvalue weighted by molar-refractivity contribution is -0.123. The molecule has 0 bridgehead atoms. The molecular weight excluding hydrogens is 292 g/mol. The fourth-order valence-corrected chi connectivity index (χ4v) is 3.21. The molecule has 118 valence electrons. The van der Waals surface area contributed by atoms with Crippen LogP contribution in [0.5, 0.6) is 0 Å². The zero-order valence-electron chi connectivity index (χ0n) is 13.7.